The van der Waals surface area contributed by atoms with Crippen molar-refractivity contribution in [1.82, 2.24) is 20.9 Å². The van der Waals surface area contributed by atoms with E-state index >= 15 is 0 Å². The Kier molecular flexibility index (Phi) is 11.0. The molecule has 3 amide bonds. The molecular weight excluding hydrogens is 576 g/mol. The van der Waals surface area contributed by atoms with Gasteiger partial charge in [0.1, 0.15) is 17.7 Å². The molecule has 0 aromatic heterocycles. The van der Waals surface area contributed by atoms with Gasteiger partial charge in [0.25, 0.3) is 0 Å². The molecule has 12 nitrogen and oxygen atoms in total. The summed E-state index contributed by atoms with van der Waals surface area (Å²) in [4.78, 5) is 55.0. The number of nitrogens with one attached hydrogen (secondary N) is 3. The first-order valence-corrected chi connectivity index (χ1v) is 16.9. The summed E-state index contributed by atoms with van der Waals surface area (Å²) in [6, 6.07) is 3.33. The van der Waals surface area contributed by atoms with Crippen molar-refractivity contribution in [3.8, 4) is 0 Å². The lowest BCUT2D eigenvalue weighted by atomic mass is 9.90. The molecule has 1 aromatic carbocycles. The van der Waals surface area contributed by atoms with E-state index in [2.05, 4.69) is 16.0 Å². The van der Waals surface area contributed by atoms with E-state index in [1.54, 1.807) is 19.1 Å². The van der Waals surface area contributed by atoms with Gasteiger partial charge in [-0.2, -0.15) is 0 Å². The van der Waals surface area contributed by atoms with Crippen LogP contribution in [0.15, 0.2) is 29.2 Å². The lowest BCUT2D eigenvalue weighted by Crippen LogP contribution is -2.57. The molecule has 3 N–H and O–H groups in total. The van der Waals surface area contributed by atoms with Gasteiger partial charge in [0, 0.05) is 25.8 Å². The zero-order chi connectivity index (χ0) is 31.2. The number of hydrogen-bond acceptors (Lipinski definition) is 9. The van der Waals surface area contributed by atoms with Gasteiger partial charge in [-0.1, -0.05) is 37.8 Å². The molecule has 1 saturated carbocycles. The van der Waals surface area contributed by atoms with E-state index in [-0.39, 0.29) is 29.6 Å². The molecule has 2 aliphatic heterocycles. The number of morpholine rings is 1. The van der Waals surface area contributed by atoms with Crippen molar-refractivity contribution in [1.29, 1.82) is 0 Å². The fraction of sp³-hybridized carbons (Fsp3) is 0.667. The number of carbonyl (C=O) groups is 4. The van der Waals surface area contributed by atoms with Gasteiger partial charge in [-0.15, -0.1) is 0 Å². The van der Waals surface area contributed by atoms with Gasteiger partial charge in [-0.05, 0) is 43.9 Å². The Morgan fingerprint density at radius 3 is 2.30 bits per heavy atom. The molecule has 4 atom stereocenters. The fourth-order valence-corrected chi connectivity index (χ4v) is 6.35. The number of amides is 3. The normalized spacial score (nSPS) is 23.1. The van der Waals surface area contributed by atoms with E-state index in [0.29, 0.717) is 50.8 Å². The van der Waals surface area contributed by atoms with Crippen molar-refractivity contribution < 1.29 is 37.1 Å². The van der Waals surface area contributed by atoms with Gasteiger partial charge in [-0.3, -0.25) is 24.1 Å². The second-order valence-corrected chi connectivity index (χ2v) is 14.2. The maximum absolute atomic E-state index is 13.8. The quantitative estimate of drug-likeness (QED) is 0.250. The molecule has 0 unspecified atom stereocenters. The van der Waals surface area contributed by atoms with E-state index < -0.39 is 45.4 Å². The van der Waals surface area contributed by atoms with Crippen LogP contribution < -0.4 is 16.0 Å². The molecule has 0 bridgehead atoms. The zero-order valence-electron chi connectivity index (χ0n) is 25.2. The molecule has 2 saturated heterocycles. The maximum atomic E-state index is 13.8. The summed E-state index contributed by atoms with van der Waals surface area (Å²) in [6.45, 7) is 5.97. The molecule has 3 aliphatic rings. The number of nitrogens with zero attached hydrogens (tertiary/aromatic N) is 1. The van der Waals surface area contributed by atoms with Gasteiger partial charge in [-0.25, -0.2) is 8.42 Å². The number of Topliss-reactive ketones (excluding diaryl/α,β-unsaturated/α-hetero) is 1. The summed E-state index contributed by atoms with van der Waals surface area (Å²) in [5.41, 5.74) is -0.415. The van der Waals surface area contributed by atoms with Crippen LogP contribution in [0.4, 0.5) is 0 Å². The van der Waals surface area contributed by atoms with Crippen LogP contribution in [0.5, 0.6) is 0 Å². The van der Waals surface area contributed by atoms with Crippen LogP contribution in [0.1, 0.15) is 51.5 Å². The lowest BCUT2D eigenvalue weighted by molar-refractivity contribution is -0.134. The standard InChI is InChI=1S/C30H44N4O8S/c1-20(31-26(35)18-34-11-13-41-14-12-34)28(37)33-25(17-22-9-6-10-23(15-22)43(3,39)40)29(38)32-24(16-21-7-4-5-8-21)27(36)30(2)19-42-30/h6,9-10,15,20-21,24-25H,4-5,7-8,11-14,16-19H2,1-3H3,(H,31,35)(H,32,38)(H,33,37)/t20-,24-,25-,30-/m0/s1. The first-order chi connectivity index (χ1) is 20.3. The van der Waals surface area contributed by atoms with E-state index in [1.807, 2.05) is 4.90 Å². The summed E-state index contributed by atoms with van der Waals surface area (Å²) < 4.78 is 35.0. The van der Waals surface area contributed by atoms with Crippen LogP contribution in [0.25, 0.3) is 0 Å². The van der Waals surface area contributed by atoms with Gasteiger partial charge >= 0.3 is 0 Å². The molecule has 2 heterocycles. The minimum Gasteiger partial charge on any atom is -0.379 e. The number of ketones is 1. The molecule has 13 heteroatoms. The second kappa shape index (κ2) is 14.3. The van der Waals surface area contributed by atoms with Crippen LogP contribution in [0.3, 0.4) is 0 Å². The molecule has 43 heavy (non-hydrogen) atoms. The van der Waals surface area contributed by atoms with Gasteiger partial charge in [0.05, 0.1) is 37.3 Å². The molecule has 238 valence electrons. The Morgan fingerprint density at radius 1 is 1.02 bits per heavy atom. The Bertz CT molecular complexity index is 1290. The van der Waals surface area contributed by atoms with Crippen LogP contribution >= 0.6 is 0 Å². The first kappa shape index (κ1) is 33.0. The Balaban J connectivity index is 1.48. The highest BCUT2D eigenvalue weighted by atomic mass is 32.2. The molecule has 3 fully saturated rings. The van der Waals surface area contributed by atoms with E-state index in [1.165, 1.54) is 19.1 Å². The first-order valence-electron chi connectivity index (χ1n) is 15.0. The summed E-state index contributed by atoms with van der Waals surface area (Å²) in [6.07, 6.45) is 5.69. The number of rotatable bonds is 14. The predicted molar refractivity (Wildman–Crippen MR) is 158 cm³/mol. The van der Waals surface area contributed by atoms with Crippen LogP contribution in [0, 0.1) is 5.92 Å². The molecule has 4 rings (SSSR count). The van der Waals surface area contributed by atoms with Crippen molar-refractivity contribution in [2.45, 2.75) is 81.0 Å². The third-order valence-electron chi connectivity index (χ3n) is 8.42. The number of hydrogen-bond donors (Lipinski definition) is 3. The maximum Gasteiger partial charge on any atom is 0.243 e. The molecule has 0 spiro atoms. The topological polar surface area (TPSA) is 164 Å². The van der Waals surface area contributed by atoms with E-state index in [0.717, 1.165) is 31.9 Å². The SMILES string of the molecule is C[C@H](NC(=O)CN1CCOCC1)C(=O)N[C@@H](Cc1cccc(S(C)(=O)=O)c1)C(=O)N[C@@H](CC1CCCC1)C(=O)[C@]1(C)CO1. The minimum atomic E-state index is -3.50. The van der Waals surface area contributed by atoms with Crippen LogP contribution in [-0.4, -0.2) is 106 Å². The highest BCUT2D eigenvalue weighted by Crippen LogP contribution is 2.33. The van der Waals surface area contributed by atoms with Gasteiger partial charge in [0.15, 0.2) is 15.6 Å². The Morgan fingerprint density at radius 2 is 1.67 bits per heavy atom. The highest BCUT2D eigenvalue weighted by molar-refractivity contribution is 7.90. The highest BCUT2D eigenvalue weighted by Gasteiger charge is 2.50. The van der Waals surface area contributed by atoms with Crippen molar-refractivity contribution in [2.24, 2.45) is 5.92 Å². The van der Waals surface area contributed by atoms with Crippen LogP contribution in [-0.2, 0) is 44.9 Å². The predicted octanol–water partition coefficient (Wildman–Crippen LogP) is 0.377. The number of benzene rings is 1. The Hall–Kier alpha value is -2.87. The lowest BCUT2D eigenvalue weighted by Gasteiger charge is -2.27. The molecular formula is C30H44N4O8S. The summed E-state index contributed by atoms with van der Waals surface area (Å²) in [5.74, 6) is -1.36. The zero-order valence-corrected chi connectivity index (χ0v) is 26.0. The van der Waals surface area contributed by atoms with Crippen molar-refractivity contribution >= 4 is 33.3 Å². The smallest absolute Gasteiger partial charge is 0.243 e. The van der Waals surface area contributed by atoms with Crippen molar-refractivity contribution in [2.75, 3.05) is 45.7 Å². The molecule has 0 radical (unpaired) electrons. The number of sulfone groups is 1. The summed E-state index contributed by atoms with van der Waals surface area (Å²) in [5, 5.41) is 8.31. The average molecular weight is 621 g/mol. The third-order valence-corrected chi connectivity index (χ3v) is 9.53. The van der Waals surface area contributed by atoms with Gasteiger partial charge < -0.3 is 25.4 Å². The van der Waals surface area contributed by atoms with Gasteiger partial charge in [0.2, 0.25) is 17.7 Å². The Labute approximate surface area is 253 Å². The third kappa shape index (κ3) is 9.56. The number of epoxide rings is 1. The monoisotopic (exact) mass is 620 g/mol. The number of ether oxygens (including phenoxy) is 2. The fourth-order valence-electron chi connectivity index (χ4n) is 5.66. The number of carbonyl (C=O) groups excluding carboxylic acids is 4. The molecule has 1 aliphatic carbocycles. The largest absolute Gasteiger partial charge is 0.379 e. The minimum absolute atomic E-state index is 0.0204. The summed E-state index contributed by atoms with van der Waals surface area (Å²) in [7, 11) is -3.50. The van der Waals surface area contributed by atoms with E-state index in [9.17, 15) is 27.6 Å². The van der Waals surface area contributed by atoms with Crippen molar-refractivity contribution in [3.63, 3.8) is 0 Å². The van der Waals surface area contributed by atoms with Crippen molar-refractivity contribution in [3.05, 3.63) is 29.8 Å². The van der Waals surface area contributed by atoms with E-state index in [4.69, 9.17) is 9.47 Å². The molecule has 1 aromatic rings. The van der Waals surface area contributed by atoms with Crippen LogP contribution in [0.2, 0.25) is 0 Å². The second-order valence-electron chi connectivity index (χ2n) is 12.2. The average Bonchev–Trinajstić information content (AvgIpc) is 3.50. The summed E-state index contributed by atoms with van der Waals surface area (Å²) >= 11 is 0.